The highest BCUT2D eigenvalue weighted by Crippen LogP contribution is 2.22. The van der Waals surface area contributed by atoms with Crippen molar-refractivity contribution in [3.8, 4) is 0 Å². The molecule has 8 heteroatoms. The zero-order valence-electron chi connectivity index (χ0n) is 9.79. The van der Waals surface area contributed by atoms with Crippen LogP contribution in [-0.2, 0) is 0 Å². The molecule has 0 aliphatic rings. The van der Waals surface area contributed by atoms with Gasteiger partial charge < -0.3 is 5.32 Å². The predicted octanol–water partition coefficient (Wildman–Crippen LogP) is 2.62. The molecule has 0 saturated heterocycles. The summed E-state index contributed by atoms with van der Waals surface area (Å²) in [5, 5.41) is 12.8. The van der Waals surface area contributed by atoms with Gasteiger partial charge in [-0.15, -0.1) is 11.6 Å². The number of benzene rings is 1. The lowest BCUT2D eigenvalue weighted by Gasteiger charge is -2.06. The highest BCUT2D eigenvalue weighted by molar-refractivity contribution is 6.17. The molecule has 0 aliphatic heterocycles. The second kappa shape index (κ2) is 6.98. The lowest BCUT2D eigenvalue weighted by atomic mass is 10.1. The van der Waals surface area contributed by atoms with E-state index < -0.39 is 33.7 Å². The summed E-state index contributed by atoms with van der Waals surface area (Å²) >= 11 is 5.44. The van der Waals surface area contributed by atoms with Gasteiger partial charge in [0.15, 0.2) is 0 Å². The molecule has 1 rings (SSSR count). The third-order valence-electron chi connectivity index (χ3n) is 2.31. The fraction of sp³-hybridized carbons (Fsp3) is 0.364. The Bertz CT molecular complexity index is 497. The summed E-state index contributed by atoms with van der Waals surface area (Å²) in [6.45, 7) is 0.231. The van der Waals surface area contributed by atoms with Gasteiger partial charge >= 0.3 is 5.69 Å². The number of hydrogen-bond acceptors (Lipinski definition) is 3. The van der Waals surface area contributed by atoms with Crippen LogP contribution in [0.5, 0.6) is 0 Å². The Labute approximate surface area is 112 Å². The van der Waals surface area contributed by atoms with Crippen molar-refractivity contribution in [3.63, 3.8) is 0 Å². The Morgan fingerprint density at radius 1 is 1.37 bits per heavy atom. The van der Waals surface area contributed by atoms with E-state index in [1.807, 2.05) is 0 Å². The maximum atomic E-state index is 13.6. The Balaban J connectivity index is 2.88. The van der Waals surface area contributed by atoms with Crippen LogP contribution in [0.1, 0.15) is 23.2 Å². The number of carbonyl (C=O) groups is 1. The molecule has 0 spiro atoms. The highest BCUT2D eigenvalue weighted by atomic mass is 35.5. The minimum atomic E-state index is -1.35. The number of rotatable bonds is 6. The lowest BCUT2D eigenvalue weighted by Crippen LogP contribution is -2.26. The van der Waals surface area contributed by atoms with E-state index in [0.717, 1.165) is 0 Å². The average molecular weight is 293 g/mol. The van der Waals surface area contributed by atoms with E-state index in [4.69, 9.17) is 11.6 Å². The molecular formula is C11H11ClF2N2O3. The summed E-state index contributed by atoms with van der Waals surface area (Å²) < 4.78 is 26.7. The molecule has 19 heavy (non-hydrogen) atoms. The van der Waals surface area contributed by atoms with Crippen molar-refractivity contribution >= 4 is 23.2 Å². The van der Waals surface area contributed by atoms with Gasteiger partial charge in [-0.1, -0.05) is 0 Å². The van der Waals surface area contributed by atoms with Crippen LogP contribution in [0, 0.1) is 21.7 Å². The number of hydrogen-bond donors (Lipinski definition) is 1. The quantitative estimate of drug-likeness (QED) is 0.379. The summed E-state index contributed by atoms with van der Waals surface area (Å²) in [7, 11) is 0. The van der Waals surface area contributed by atoms with Crippen molar-refractivity contribution in [2.75, 3.05) is 12.4 Å². The topological polar surface area (TPSA) is 72.2 Å². The van der Waals surface area contributed by atoms with Crippen molar-refractivity contribution in [1.29, 1.82) is 0 Å². The number of halogens is 3. The Morgan fingerprint density at radius 2 is 2.05 bits per heavy atom. The lowest BCUT2D eigenvalue weighted by molar-refractivity contribution is -0.387. The van der Waals surface area contributed by atoms with Gasteiger partial charge in [-0.25, -0.2) is 4.39 Å². The molecule has 0 saturated carbocycles. The molecule has 0 aliphatic carbocycles. The summed E-state index contributed by atoms with van der Waals surface area (Å²) in [5.74, 6) is -2.86. The molecule has 1 aromatic rings. The van der Waals surface area contributed by atoms with Crippen molar-refractivity contribution < 1.29 is 18.5 Å². The van der Waals surface area contributed by atoms with Crippen LogP contribution in [0.2, 0.25) is 0 Å². The van der Waals surface area contributed by atoms with Crippen LogP contribution in [0.4, 0.5) is 14.5 Å². The minimum Gasteiger partial charge on any atom is -0.352 e. The minimum absolute atomic E-state index is 0.231. The fourth-order valence-electron chi connectivity index (χ4n) is 1.39. The average Bonchev–Trinajstić information content (AvgIpc) is 2.36. The molecule has 0 fully saturated rings. The van der Waals surface area contributed by atoms with Gasteiger partial charge in [0, 0.05) is 12.4 Å². The number of carbonyl (C=O) groups excluding carboxylic acids is 1. The largest absolute Gasteiger partial charge is 0.352 e. The smallest absolute Gasteiger partial charge is 0.308 e. The summed E-state index contributed by atoms with van der Waals surface area (Å²) in [6.07, 6.45) is 1.24. The number of nitrogens with zero attached hydrogens (tertiary/aromatic N) is 1. The number of nitrogens with one attached hydrogen (secondary N) is 1. The monoisotopic (exact) mass is 292 g/mol. The normalized spacial score (nSPS) is 10.3. The molecule has 0 heterocycles. The van der Waals surface area contributed by atoms with Gasteiger partial charge in [-0.3, -0.25) is 14.9 Å². The van der Waals surface area contributed by atoms with Crippen molar-refractivity contribution in [3.05, 3.63) is 39.4 Å². The van der Waals surface area contributed by atoms with Crippen LogP contribution in [0.25, 0.3) is 0 Å². The maximum Gasteiger partial charge on any atom is 0.308 e. The van der Waals surface area contributed by atoms with Crippen LogP contribution < -0.4 is 5.32 Å². The van der Waals surface area contributed by atoms with Gasteiger partial charge in [0.05, 0.1) is 16.6 Å². The van der Waals surface area contributed by atoms with E-state index in [0.29, 0.717) is 30.9 Å². The van der Waals surface area contributed by atoms with Crippen LogP contribution in [0.3, 0.4) is 0 Å². The van der Waals surface area contributed by atoms with E-state index in [1.165, 1.54) is 0 Å². The summed E-state index contributed by atoms with van der Waals surface area (Å²) in [5.41, 5.74) is -1.75. The SMILES string of the molecule is O=C(NCCCCCl)c1cc(F)cc([N+](=O)[O-])c1F. The van der Waals surface area contributed by atoms with E-state index in [-0.39, 0.29) is 6.54 Å². The molecule has 1 amide bonds. The number of unbranched alkanes of at least 4 members (excludes halogenated alkanes) is 1. The third-order valence-corrected chi connectivity index (χ3v) is 2.57. The molecule has 104 valence electrons. The first-order valence-electron chi connectivity index (χ1n) is 5.45. The zero-order valence-corrected chi connectivity index (χ0v) is 10.5. The van der Waals surface area contributed by atoms with Crippen molar-refractivity contribution in [1.82, 2.24) is 5.32 Å². The second-order valence-electron chi connectivity index (χ2n) is 3.70. The van der Waals surface area contributed by atoms with Crippen LogP contribution in [0.15, 0.2) is 12.1 Å². The molecular weight excluding hydrogens is 282 g/mol. The highest BCUT2D eigenvalue weighted by Gasteiger charge is 2.23. The summed E-state index contributed by atoms with van der Waals surface area (Å²) in [4.78, 5) is 21.0. The standard InChI is InChI=1S/C11H11ClF2N2O3/c12-3-1-2-4-15-11(17)8-5-7(13)6-9(10(8)14)16(18)19/h5-6H,1-4H2,(H,15,17). The number of nitro groups is 1. The van der Waals surface area contributed by atoms with E-state index in [2.05, 4.69) is 5.32 Å². The molecule has 0 unspecified atom stereocenters. The Kier molecular flexibility index (Phi) is 5.62. The molecule has 5 nitrogen and oxygen atoms in total. The van der Waals surface area contributed by atoms with E-state index in [1.54, 1.807) is 0 Å². The first-order chi connectivity index (χ1) is 8.97. The van der Waals surface area contributed by atoms with E-state index >= 15 is 0 Å². The van der Waals surface area contributed by atoms with Crippen molar-refractivity contribution in [2.24, 2.45) is 0 Å². The van der Waals surface area contributed by atoms with E-state index in [9.17, 15) is 23.7 Å². The van der Waals surface area contributed by atoms with Gasteiger partial charge in [-0.2, -0.15) is 4.39 Å². The predicted molar refractivity (Wildman–Crippen MR) is 65.3 cm³/mol. The van der Waals surface area contributed by atoms with Crippen molar-refractivity contribution in [2.45, 2.75) is 12.8 Å². The van der Waals surface area contributed by atoms with Crippen LogP contribution in [-0.4, -0.2) is 23.3 Å². The summed E-state index contributed by atoms with van der Waals surface area (Å²) in [6, 6.07) is 1.05. The number of amides is 1. The van der Waals surface area contributed by atoms with Gasteiger partial charge in [0.1, 0.15) is 5.82 Å². The number of alkyl halides is 1. The van der Waals surface area contributed by atoms with Crippen LogP contribution >= 0.6 is 11.6 Å². The molecule has 0 radical (unpaired) electrons. The van der Waals surface area contributed by atoms with Gasteiger partial charge in [0.2, 0.25) is 5.82 Å². The zero-order chi connectivity index (χ0) is 14.4. The molecule has 0 atom stereocenters. The molecule has 1 aromatic carbocycles. The molecule has 0 aromatic heterocycles. The molecule has 1 N–H and O–H groups in total. The van der Waals surface area contributed by atoms with Gasteiger partial charge in [-0.05, 0) is 18.9 Å². The molecule has 0 bridgehead atoms. The fourth-order valence-corrected chi connectivity index (χ4v) is 1.58. The Morgan fingerprint density at radius 3 is 2.63 bits per heavy atom. The Hall–Kier alpha value is -1.76. The first-order valence-corrected chi connectivity index (χ1v) is 5.98. The third kappa shape index (κ3) is 4.13. The van der Waals surface area contributed by atoms with Gasteiger partial charge in [0.25, 0.3) is 5.91 Å². The maximum absolute atomic E-state index is 13.6. The first kappa shape index (κ1) is 15.3. The second-order valence-corrected chi connectivity index (χ2v) is 4.07. The number of nitro benzene ring substituents is 1.